The lowest BCUT2D eigenvalue weighted by Gasteiger charge is -2.34. The number of nitrogens with zero attached hydrogens (tertiary/aromatic N) is 1. The Morgan fingerprint density at radius 3 is 2.58 bits per heavy atom. The van der Waals surface area contributed by atoms with E-state index in [9.17, 15) is 8.78 Å². The fourth-order valence-corrected chi connectivity index (χ4v) is 2.96. The Hall–Kier alpha value is -0.230. The molecule has 1 saturated heterocycles. The number of hydrogen-bond acceptors (Lipinski definition) is 2. The van der Waals surface area contributed by atoms with Crippen molar-refractivity contribution in [2.24, 2.45) is 0 Å². The summed E-state index contributed by atoms with van der Waals surface area (Å²) in [4.78, 5) is 2.00. The molecule has 108 valence electrons. The van der Waals surface area contributed by atoms with E-state index in [1.165, 1.54) is 0 Å². The summed E-state index contributed by atoms with van der Waals surface area (Å²) in [6.07, 6.45) is 0. The molecule has 2 rings (SSSR count). The van der Waals surface area contributed by atoms with Crippen molar-refractivity contribution in [1.29, 1.82) is 0 Å². The Kier molecular flexibility index (Phi) is 6.66. The molecule has 1 aromatic carbocycles. The number of halogens is 4. The largest absolute Gasteiger partial charge is 0.314 e. The van der Waals surface area contributed by atoms with Gasteiger partial charge < -0.3 is 5.32 Å². The number of rotatable bonds is 3. The van der Waals surface area contributed by atoms with Gasteiger partial charge in [-0.3, -0.25) is 4.90 Å². The van der Waals surface area contributed by atoms with E-state index in [1.807, 2.05) is 4.90 Å². The number of piperazine rings is 1. The van der Waals surface area contributed by atoms with Gasteiger partial charge in [-0.25, -0.2) is 8.78 Å². The van der Waals surface area contributed by atoms with Crippen LogP contribution in [0.2, 0.25) is 0 Å². The SMILES string of the molecule is Cc1cc(Br)cc([C@@H](CF)N2CCNCC2)c1F.Cl. The molecule has 0 radical (unpaired) electrons. The van der Waals surface area contributed by atoms with Crippen molar-refractivity contribution in [2.75, 3.05) is 32.9 Å². The maximum atomic E-state index is 14.1. The topological polar surface area (TPSA) is 15.3 Å². The number of nitrogens with one attached hydrogen (secondary N) is 1. The van der Waals surface area contributed by atoms with E-state index < -0.39 is 12.7 Å². The summed E-state index contributed by atoms with van der Waals surface area (Å²) in [6.45, 7) is 4.29. The molecule has 0 unspecified atom stereocenters. The highest BCUT2D eigenvalue weighted by atomic mass is 79.9. The van der Waals surface area contributed by atoms with Crippen LogP contribution in [-0.2, 0) is 0 Å². The molecular weight excluding hydrogens is 338 g/mol. The zero-order valence-electron chi connectivity index (χ0n) is 10.8. The molecule has 1 fully saturated rings. The highest BCUT2D eigenvalue weighted by molar-refractivity contribution is 9.10. The summed E-state index contributed by atoms with van der Waals surface area (Å²) < 4.78 is 28.3. The van der Waals surface area contributed by atoms with E-state index in [2.05, 4.69) is 21.2 Å². The van der Waals surface area contributed by atoms with Crippen LogP contribution in [0, 0.1) is 12.7 Å². The van der Waals surface area contributed by atoms with Crippen molar-refractivity contribution in [2.45, 2.75) is 13.0 Å². The maximum Gasteiger partial charge on any atom is 0.131 e. The average molecular weight is 356 g/mol. The molecule has 0 saturated carbocycles. The Labute approximate surface area is 127 Å². The molecule has 0 amide bonds. The minimum Gasteiger partial charge on any atom is -0.314 e. The molecule has 0 bridgehead atoms. The molecule has 1 aliphatic heterocycles. The zero-order chi connectivity index (χ0) is 13.1. The number of aryl methyl sites for hydroxylation is 1. The van der Waals surface area contributed by atoms with Crippen molar-refractivity contribution in [1.82, 2.24) is 10.2 Å². The molecule has 6 heteroatoms. The highest BCUT2D eigenvalue weighted by Gasteiger charge is 2.25. The van der Waals surface area contributed by atoms with Crippen LogP contribution in [0.1, 0.15) is 17.2 Å². The third-order valence-electron chi connectivity index (χ3n) is 3.34. The fraction of sp³-hybridized carbons (Fsp3) is 0.538. The summed E-state index contributed by atoms with van der Waals surface area (Å²) in [5.74, 6) is -0.292. The van der Waals surface area contributed by atoms with Gasteiger partial charge in [0.15, 0.2) is 0 Å². The molecule has 1 aliphatic rings. The Bertz CT molecular complexity index is 425. The van der Waals surface area contributed by atoms with Crippen molar-refractivity contribution in [3.8, 4) is 0 Å². The Balaban J connectivity index is 0.00000180. The normalized spacial score (nSPS) is 17.9. The van der Waals surface area contributed by atoms with Gasteiger partial charge in [-0.1, -0.05) is 15.9 Å². The van der Waals surface area contributed by atoms with Crippen LogP contribution in [0.5, 0.6) is 0 Å². The van der Waals surface area contributed by atoms with Gasteiger partial charge in [-0.2, -0.15) is 0 Å². The number of alkyl halides is 1. The minimum absolute atomic E-state index is 0. The fourth-order valence-electron chi connectivity index (χ4n) is 2.37. The van der Waals surface area contributed by atoms with Crippen molar-refractivity contribution in [3.63, 3.8) is 0 Å². The van der Waals surface area contributed by atoms with Crippen LogP contribution in [0.4, 0.5) is 8.78 Å². The van der Waals surface area contributed by atoms with Gasteiger partial charge in [0.05, 0.1) is 6.04 Å². The molecule has 0 aliphatic carbocycles. The first kappa shape index (κ1) is 16.8. The van der Waals surface area contributed by atoms with Crippen LogP contribution in [0.3, 0.4) is 0 Å². The summed E-state index contributed by atoms with van der Waals surface area (Å²) in [5.41, 5.74) is 0.999. The van der Waals surface area contributed by atoms with E-state index in [-0.39, 0.29) is 18.2 Å². The van der Waals surface area contributed by atoms with E-state index in [0.29, 0.717) is 11.1 Å². The van der Waals surface area contributed by atoms with Gasteiger partial charge in [-0.05, 0) is 24.6 Å². The van der Waals surface area contributed by atoms with E-state index in [0.717, 1.165) is 30.7 Å². The second-order valence-electron chi connectivity index (χ2n) is 4.58. The first-order valence-corrected chi connectivity index (χ1v) is 6.89. The van der Waals surface area contributed by atoms with E-state index in [4.69, 9.17) is 0 Å². The predicted octanol–water partition coefficient (Wildman–Crippen LogP) is 3.23. The van der Waals surface area contributed by atoms with Crippen LogP contribution >= 0.6 is 28.3 Å². The number of benzene rings is 1. The van der Waals surface area contributed by atoms with E-state index >= 15 is 0 Å². The van der Waals surface area contributed by atoms with Crippen LogP contribution < -0.4 is 5.32 Å². The van der Waals surface area contributed by atoms with Crippen LogP contribution in [0.25, 0.3) is 0 Å². The molecule has 0 spiro atoms. The highest BCUT2D eigenvalue weighted by Crippen LogP contribution is 2.29. The predicted molar refractivity (Wildman–Crippen MR) is 79.2 cm³/mol. The van der Waals surface area contributed by atoms with Crippen molar-refractivity contribution >= 4 is 28.3 Å². The third kappa shape index (κ3) is 3.88. The number of hydrogen-bond donors (Lipinski definition) is 1. The first-order valence-electron chi connectivity index (χ1n) is 6.09. The summed E-state index contributed by atoms with van der Waals surface area (Å²) >= 11 is 3.35. The van der Waals surface area contributed by atoms with Gasteiger partial charge in [0.1, 0.15) is 12.5 Å². The van der Waals surface area contributed by atoms with Crippen molar-refractivity contribution in [3.05, 3.63) is 33.5 Å². The molecule has 0 aromatic heterocycles. The minimum atomic E-state index is -0.563. The van der Waals surface area contributed by atoms with Crippen LogP contribution in [0.15, 0.2) is 16.6 Å². The second kappa shape index (κ2) is 7.53. The Morgan fingerprint density at radius 1 is 1.37 bits per heavy atom. The molecule has 1 heterocycles. The monoisotopic (exact) mass is 354 g/mol. The van der Waals surface area contributed by atoms with Crippen molar-refractivity contribution < 1.29 is 8.78 Å². The van der Waals surface area contributed by atoms with Gasteiger partial charge in [0.25, 0.3) is 0 Å². The first-order chi connectivity index (χ1) is 8.63. The smallest absolute Gasteiger partial charge is 0.131 e. The lowest BCUT2D eigenvalue weighted by atomic mass is 10.0. The third-order valence-corrected chi connectivity index (χ3v) is 3.80. The Morgan fingerprint density at radius 2 is 2.00 bits per heavy atom. The second-order valence-corrected chi connectivity index (χ2v) is 5.50. The molecule has 1 N–H and O–H groups in total. The quantitative estimate of drug-likeness (QED) is 0.895. The van der Waals surface area contributed by atoms with E-state index in [1.54, 1.807) is 19.1 Å². The maximum absolute atomic E-state index is 14.1. The molecular formula is C13H18BrClF2N2. The van der Waals surface area contributed by atoms with Gasteiger partial charge in [0.2, 0.25) is 0 Å². The van der Waals surface area contributed by atoms with Gasteiger partial charge >= 0.3 is 0 Å². The molecule has 2 nitrogen and oxygen atoms in total. The standard InChI is InChI=1S/C13H17BrF2N2.ClH/c1-9-6-10(14)7-11(13(9)16)12(8-15)18-4-2-17-3-5-18;/h6-7,12,17H,2-5,8H2,1H3;1H/t12-;/m1./s1. The molecule has 1 atom stereocenters. The lowest BCUT2D eigenvalue weighted by Crippen LogP contribution is -2.45. The summed E-state index contributed by atoms with van der Waals surface area (Å²) in [5, 5.41) is 3.22. The summed E-state index contributed by atoms with van der Waals surface area (Å²) in [7, 11) is 0. The molecule has 19 heavy (non-hydrogen) atoms. The lowest BCUT2D eigenvalue weighted by molar-refractivity contribution is 0.144. The van der Waals surface area contributed by atoms with Crippen LogP contribution in [-0.4, -0.2) is 37.8 Å². The zero-order valence-corrected chi connectivity index (χ0v) is 13.2. The van der Waals surface area contributed by atoms with Gasteiger partial charge in [-0.15, -0.1) is 12.4 Å². The summed E-state index contributed by atoms with van der Waals surface area (Å²) in [6, 6.07) is 2.92. The average Bonchev–Trinajstić information content (AvgIpc) is 2.37. The molecule has 1 aromatic rings. The van der Waals surface area contributed by atoms with Gasteiger partial charge in [0, 0.05) is 36.2 Å².